The van der Waals surface area contributed by atoms with Gasteiger partial charge in [-0.05, 0) is 55.3 Å². The summed E-state index contributed by atoms with van der Waals surface area (Å²) in [6, 6.07) is 17.9. The van der Waals surface area contributed by atoms with Crippen LogP contribution in [-0.4, -0.2) is 30.3 Å². The fourth-order valence-corrected chi connectivity index (χ4v) is 5.27. The SMILES string of the molecule is Cc1ccc(N(C(=O)CNC(=O)c2cccs2)[C@@H](C(=O)NC2CCCC2)c2ccccc2)c(C)c1. The van der Waals surface area contributed by atoms with Gasteiger partial charge < -0.3 is 10.6 Å². The minimum atomic E-state index is -0.857. The van der Waals surface area contributed by atoms with Crippen molar-refractivity contribution in [2.45, 2.75) is 51.6 Å². The van der Waals surface area contributed by atoms with E-state index in [0.717, 1.165) is 42.4 Å². The summed E-state index contributed by atoms with van der Waals surface area (Å²) in [7, 11) is 0. The highest BCUT2D eigenvalue weighted by molar-refractivity contribution is 7.12. The number of nitrogens with zero attached hydrogens (tertiary/aromatic N) is 1. The van der Waals surface area contributed by atoms with E-state index in [-0.39, 0.29) is 30.3 Å². The zero-order valence-corrected chi connectivity index (χ0v) is 20.9. The molecular formula is C28H31N3O3S. The van der Waals surface area contributed by atoms with E-state index in [1.165, 1.54) is 11.3 Å². The van der Waals surface area contributed by atoms with Crippen molar-refractivity contribution in [3.05, 3.63) is 87.6 Å². The summed E-state index contributed by atoms with van der Waals surface area (Å²) in [6.45, 7) is 3.71. The first-order valence-corrected chi connectivity index (χ1v) is 12.9. The van der Waals surface area contributed by atoms with Crippen LogP contribution >= 0.6 is 11.3 Å². The average Bonchev–Trinajstić information content (AvgIpc) is 3.56. The third kappa shape index (κ3) is 5.98. The minimum Gasteiger partial charge on any atom is -0.351 e. The Labute approximate surface area is 210 Å². The quantitative estimate of drug-likeness (QED) is 0.471. The Hall–Kier alpha value is -3.45. The van der Waals surface area contributed by atoms with Gasteiger partial charge in [-0.25, -0.2) is 0 Å². The summed E-state index contributed by atoms with van der Waals surface area (Å²) in [4.78, 5) is 42.1. The highest BCUT2D eigenvalue weighted by Gasteiger charge is 2.35. The van der Waals surface area contributed by atoms with Crippen molar-refractivity contribution in [3.8, 4) is 0 Å². The summed E-state index contributed by atoms with van der Waals surface area (Å²) in [5, 5.41) is 7.73. The van der Waals surface area contributed by atoms with Crippen molar-refractivity contribution >= 4 is 34.7 Å². The second-order valence-electron chi connectivity index (χ2n) is 9.02. The topological polar surface area (TPSA) is 78.5 Å². The van der Waals surface area contributed by atoms with Crippen molar-refractivity contribution in [2.24, 2.45) is 0 Å². The highest BCUT2D eigenvalue weighted by atomic mass is 32.1. The van der Waals surface area contributed by atoms with Crippen LogP contribution in [0.4, 0.5) is 5.69 Å². The van der Waals surface area contributed by atoms with Crippen LogP contribution in [0.3, 0.4) is 0 Å². The zero-order chi connectivity index (χ0) is 24.8. The largest absolute Gasteiger partial charge is 0.351 e. The molecular weight excluding hydrogens is 458 g/mol. The molecule has 35 heavy (non-hydrogen) atoms. The molecule has 1 heterocycles. The molecule has 3 amide bonds. The molecule has 3 aromatic rings. The Morgan fingerprint density at radius 1 is 1.00 bits per heavy atom. The Bertz CT molecular complexity index is 1170. The third-order valence-corrected chi connectivity index (χ3v) is 7.22. The molecule has 2 N–H and O–H groups in total. The van der Waals surface area contributed by atoms with Gasteiger partial charge in [-0.1, -0.05) is 66.9 Å². The predicted octanol–water partition coefficient (Wildman–Crippen LogP) is 4.93. The fourth-order valence-electron chi connectivity index (χ4n) is 4.63. The maximum Gasteiger partial charge on any atom is 0.261 e. The van der Waals surface area contributed by atoms with E-state index < -0.39 is 6.04 Å². The molecule has 6 nitrogen and oxygen atoms in total. The molecule has 1 atom stereocenters. The molecule has 0 unspecified atom stereocenters. The number of carbonyl (C=O) groups excluding carboxylic acids is 3. The number of hydrogen-bond donors (Lipinski definition) is 2. The van der Waals surface area contributed by atoms with Crippen LogP contribution in [0.25, 0.3) is 0 Å². The van der Waals surface area contributed by atoms with Crippen molar-refractivity contribution in [1.82, 2.24) is 10.6 Å². The van der Waals surface area contributed by atoms with Gasteiger partial charge in [-0.2, -0.15) is 0 Å². The molecule has 1 aliphatic rings. The average molecular weight is 490 g/mol. The maximum absolute atomic E-state index is 13.7. The molecule has 7 heteroatoms. The number of nitrogens with one attached hydrogen (secondary N) is 2. The molecule has 0 saturated heterocycles. The van der Waals surface area contributed by atoms with Crippen LogP contribution in [0.2, 0.25) is 0 Å². The van der Waals surface area contributed by atoms with E-state index in [1.807, 2.05) is 67.8 Å². The number of carbonyl (C=O) groups is 3. The standard InChI is InChI=1S/C28H31N3O3S/c1-19-14-15-23(20(2)17-19)31(25(32)18-29-27(33)24-13-8-16-35-24)26(21-9-4-3-5-10-21)28(34)30-22-11-6-7-12-22/h3-5,8-10,13-17,22,26H,6-7,11-12,18H2,1-2H3,(H,29,33)(H,30,34)/t26-/m1/s1. The molecule has 0 radical (unpaired) electrons. The number of thiophene rings is 1. The molecule has 1 fully saturated rings. The van der Waals surface area contributed by atoms with Gasteiger partial charge in [-0.15, -0.1) is 11.3 Å². The smallest absolute Gasteiger partial charge is 0.261 e. The lowest BCUT2D eigenvalue weighted by molar-refractivity contribution is -0.126. The lowest BCUT2D eigenvalue weighted by Crippen LogP contribution is -2.49. The summed E-state index contributed by atoms with van der Waals surface area (Å²) >= 11 is 1.32. The number of rotatable bonds is 8. The van der Waals surface area contributed by atoms with Gasteiger partial charge in [0.05, 0.1) is 11.4 Å². The lowest BCUT2D eigenvalue weighted by Gasteiger charge is -2.33. The van der Waals surface area contributed by atoms with E-state index in [2.05, 4.69) is 10.6 Å². The van der Waals surface area contributed by atoms with Crippen molar-refractivity contribution < 1.29 is 14.4 Å². The van der Waals surface area contributed by atoms with Gasteiger partial charge in [0.2, 0.25) is 11.8 Å². The Balaban J connectivity index is 1.69. The molecule has 0 aliphatic heterocycles. The molecule has 2 aromatic carbocycles. The highest BCUT2D eigenvalue weighted by Crippen LogP contribution is 2.32. The van der Waals surface area contributed by atoms with Crippen molar-refractivity contribution in [3.63, 3.8) is 0 Å². The second kappa shape index (κ2) is 11.3. The van der Waals surface area contributed by atoms with E-state index in [4.69, 9.17) is 0 Å². The summed E-state index contributed by atoms with van der Waals surface area (Å²) in [5.41, 5.74) is 3.33. The Morgan fingerprint density at radius 2 is 1.74 bits per heavy atom. The summed E-state index contributed by atoms with van der Waals surface area (Å²) < 4.78 is 0. The van der Waals surface area contributed by atoms with Crippen LogP contribution in [-0.2, 0) is 9.59 Å². The Morgan fingerprint density at radius 3 is 2.40 bits per heavy atom. The second-order valence-corrected chi connectivity index (χ2v) is 9.96. The molecule has 1 aliphatic carbocycles. The molecule has 182 valence electrons. The van der Waals surface area contributed by atoms with Gasteiger partial charge in [0.1, 0.15) is 6.04 Å². The molecule has 1 saturated carbocycles. The van der Waals surface area contributed by atoms with Gasteiger partial charge in [0, 0.05) is 11.7 Å². The molecule has 0 bridgehead atoms. The van der Waals surface area contributed by atoms with E-state index >= 15 is 0 Å². The first-order chi connectivity index (χ1) is 16.9. The summed E-state index contributed by atoms with van der Waals surface area (Å²) in [5.74, 6) is -0.862. The molecule has 4 rings (SSSR count). The minimum absolute atomic E-state index is 0.114. The number of anilines is 1. The van der Waals surface area contributed by atoms with Crippen LogP contribution in [0.15, 0.2) is 66.0 Å². The molecule has 0 spiro atoms. The maximum atomic E-state index is 13.7. The van der Waals surface area contributed by atoms with Crippen LogP contribution in [0.5, 0.6) is 0 Å². The van der Waals surface area contributed by atoms with Crippen LogP contribution < -0.4 is 15.5 Å². The van der Waals surface area contributed by atoms with E-state index in [0.29, 0.717) is 10.6 Å². The number of benzene rings is 2. The van der Waals surface area contributed by atoms with Crippen molar-refractivity contribution in [2.75, 3.05) is 11.4 Å². The zero-order valence-electron chi connectivity index (χ0n) is 20.1. The fraction of sp³-hybridized carbons (Fsp3) is 0.321. The van der Waals surface area contributed by atoms with Gasteiger partial charge in [-0.3, -0.25) is 19.3 Å². The third-order valence-electron chi connectivity index (χ3n) is 6.35. The summed E-state index contributed by atoms with van der Waals surface area (Å²) in [6.07, 6.45) is 4.08. The van der Waals surface area contributed by atoms with Crippen LogP contribution in [0.1, 0.15) is 58.1 Å². The van der Waals surface area contributed by atoms with Crippen LogP contribution in [0, 0.1) is 13.8 Å². The number of amides is 3. The van der Waals surface area contributed by atoms with Gasteiger partial charge in [0.15, 0.2) is 0 Å². The predicted molar refractivity (Wildman–Crippen MR) is 140 cm³/mol. The van der Waals surface area contributed by atoms with E-state index in [1.54, 1.807) is 17.0 Å². The lowest BCUT2D eigenvalue weighted by atomic mass is 10.0. The normalized spacial score (nSPS) is 14.3. The Kier molecular flexibility index (Phi) is 7.98. The number of aryl methyl sites for hydroxylation is 2. The number of hydrogen-bond acceptors (Lipinski definition) is 4. The van der Waals surface area contributed by atoms with Gasteiger partial charge in [0.25, 0.3) is 5.91 Å². The van der Waals surface area contributed by atoms with E-state index in [9.17, 15) is 14.4 Å². The van der Waals surface area contributed by atoms with Gasteiger partial charge >= 0.3 is 0 Å². The first-order valence-electron chi connectivity index (χ1n) is 12.0. The first kappa shape index (κ1) is 24.7. The monoisotopic (exact) mass is 489 g/mol. The van der Waals surface area contributed by atoms with Crippen molar-refractivity contribution in [1.29, 1.82) is 0 Å². The molecule has 1 aromatic heterocycles.